The van der Waals surface area contributed by atoms with Crippen molar-refractivity contribution in [1.82, 2.24) is 0 Å². The zero-order valence-corrected chi connectivity index (χ0v) is 54.9. The molecule has 14 aromatic rings. The smallest absolute Gasteiger partial charge is 0.220 e. The minimum atomic E-state index is -0.694. The number of benzene rings is 12. The van der Waals surface area contributed by atoms with E-state index in [0.717, 1.165) is 66.2 Å². The normalized spacial score (nSPS) is 11.9. The summed E-state index contributed by atoms with van der Waals surface area (Å²) < 4.78 is 80.0. The van der Waals surface area contributed by atoms with Crippen LogP contribution in [0.1, 0.15) is 16.7 Å². The fraction of sp³-hybridized carbons (Fsp3) is 0.0400. The molecule has 0 radical (unpaired) electrons. The summed E-state index contributed by atoms with van der Waals surface area (Å²) in [4.78, 5) is 0. The number of hydrogen-bond acceptors (Lipinski definition) is 33. The maximum absolute atomic E-state index is 10.9. The van der Waals surface area contributed by atoms with Crippen LogP contribution in [-0.2, 0) is 0 Å². The lowest BCUT2D eigenvalue weighted by Crippen LogP contribution is -2.03. The third-order valence-corrected chi connectivity index (χ3v) is 16.0. The molecule has 17 rings (SSSR count). The van der Waals surface area contributed by atoms with E-state index < -0.39 is 51.7 Å². The van der Waals surface area contributed by atoms with Gasteiger partial charge in [-0.1, -0.05) is 0 Å². The van der Waals surface area contributed by atoms with Gasteiger partial charge in [0.1, 0.15) is 63.2 Å². The number of aryl methyl sites for hydroxylation is 3. The first kappa shape index (κ1) is 67.8. The van der Waals surface area contributed by atoms with Crippen molar-refractivity contribution in [2.24, 2.45) is 0 Å². The first-order valence-corrected chi connectivity index (χ1v) is 31.2. The predicted molar refractivity (Wildman–Crippen MR) is 368 cm³/mol. The monoisotopic (exact) mass is 1480 g/mol. The quantitative estimate of drug-likeness (QED) is 0.0496. The minimum Gasteiger partial charge on any atom is -0.508 e. The van der Waals surface area contributed by atoms with Gasteiger partial charge in [0.2, 0.25) is 91.2 Å². The van der Waals surface area contributed by atoms with Crippen LogP contribution in [0.5, 0.6) is 224 Å². The molecule has 3 aliphatic rings. The van der Waals surface area contributed by atoms with Gasteiger partial charge in [0.25, 0.3) is 0 Å². The summed E-state index contributed by atoms with van der Waals surface area (Å²) in [6.07, 6.45) is 0. The van der Waals surface area contributed by atoms with E-state index in [1.807, 2.05) is 0 Å². The highest BCUT2D eigenvalue weighted by atomic mass is 16.6. The maximum atomic E-state index is 10.9. The Morgan fingerprint density at radius 1 is 0.204 bits per heavy atom. The van der Waals surface area contributed by atoms with Crippen LogP contribution in [0, 0.1) is 20.8 Å². The van der Waals surface area contributed by atoms with E-state index >= 15 is 0 Å². The van der Waals surface area contributed by atoms with Gasteiger partial charge in [0, 0.05) is 109 Å². The molecule has 0 saturated heterocycles. The molecule has 0 atom stereocenters. The highest BCUT2D eigenvalue weighted by Gasteiger charge is 2.36. The lowest BCUT2D eigenvalue weighted by atomic mass is 10.1. The van der Waals surface area contributed by atoms with E-state index in [1.54, 1.807) is 26.8 Å². The van der Waals surface area contributed by atoms with Crippen LogP contribution in [-0.4, -0.2) is 97.0 Å². The Morgan fingerprint density at radius 3 is 1.06 bits per heavy atom. The maximum Gasteiger partial charge on any atom is 0.220 e. The van der Waals surface area contributed by atoms with Gasteiger partial charge in [-0.15, -0.1) is 0 Å². The molecule has 548 valence electrons. The number of ether oxygens (including phenoxy) is 10. The Morgan fingerprint density at radius 2 is 0.537 bits per heavy atom. The molecule has 2 aromatic heterocycles. The Bertz CT molecular complexity index is 6130. The molecular formula is C75H50O33. The summed E-state index contributed by atoms with van der Waals surface area (Å²) >= 11 is 0. The van der Waals surface area contributed by atoms with E-state index in [2.05, 4.69) is 0 Å². The first-order valence-electron chi connectivity index (χ1n) is 31.2. The summed E-state index contributed by atoms with van der Waals surface area (Å²) in [7, 11) is 0. The van der Waals surface area contributed by atoms with Crippen molar-refractivity contribution in [2.75, 3.05) is 0 Å². The van der Waals surface area contributed by atoms with Crippen LogP contribution < -0.4 is 47.4 Å². The van der Waals surface area contributed by atoms with Crippen molar-refractivity contribution < 1.29 is 162 Å². The third kappa shape index (κ3) is 12.4. The van der Waals surface area contributed by atoms with E-state index in [0.29, 0.717) is 11.1 Å². The first-order chi connectivity index (χ1) is 51.4. The van der Waals surface area contributed by atoms with Crippen molar-refractivity contribution in [2.45, 2.75) is 20.8 Å². The SMILES string of the molecule is Cc1cc(O)c2c(c1Oc1cc(O)cc(O)c1)Oc1c(O)cc(O)cc1O2.Cc1cc(O)c2c(c1Oc1cc(O)cc(O)c1)Oc1c(O)cc(Oc3c(O)cc(Oc4c(O)cc(O)c5c4Oc4c(O)cc(O)cc4O5)cc3O)cc1O2.Cc1cc(O)c2oc3c(oc2c1)c(O)cc1oc2c(O)cc(O)cc2oc13. The fourth-order valence-electron chi connectivity index (χ4n) is 11.4. The number of fused-ring (bicyclic) bond motifs is 11. The molecule has 0 fully saturated rings. The Kier molecular flexibility index (Phi) is 16.0. The van der Waals surface area contributed by atoms with Crippen LogP contribution in [0.15, 0.2) is 151 Å². The van der Waals surface area contributed by atoms with Gasteiger partial charge < -0.3 is 162 Å². The highest BCUT2D eigenvalue weighted by molar-refractivity contribution is 6.02. The second-order valence-corrected chi connectivity index (χ2v) is 24.0. The topological polar surface area (TPSA) is 529 Å². The number of rotatable bonds is 8. The number of aromatic hydroxyl groups is 19. The lowest BCUT2D eigenvalue weighted by molar-refractivity contribution is 0.298. The van der Waals surface area contributed by atoms with Crippen LogP contribution >= 0.6 is 0 Å². The molecule has 3 aliphatic heterocycles. The van der Waals surface area contributed by atoms with Crippen LogP contribution in [0.4, 0.5) is 0 Å². The summed E-state index contributed by atoms with van der Waals surface area (Å²) in [6, 6.07) is 26.3. The molecule has 0 bridgehead atoms. The van der Waals surface area contributed by atoms with E-state index in [-0.39, 0.29) is 217 Å². The zero-order chi connectivity index (χ0) is 76.3. The molecule has 0 spiro atoms. The van der Waals surface area contributed by atoms with Crippen LogP contribution in [0.2, 0.25) is 0 Å². The van der Waals surface area contributed by atoms with Crippen molar-refractivity contribution in [3.8, 4) is 224 Å². The van der Waals surface area contributed by atoms with Crippen molar-refractivity contribution >= 4 is 44.7 Å². The zero-order valence-electron chi connectivity index (χ0n) is 54.9. The molecule has 0 aliphatic carbocycles. The Hall–Kier alpha value is -16.0. The second kappa shape index (κ2) is 25.5. The number of hydrogen-bond donors (Lipinski definition) is 19. The molecule has 0 unspecified atom stereocenters. The second-order valence-electron chi connectivity index (χ2n) is 24.0. The third-order valence-electron chi connectivity index (χ3n) is 16.0. The van der Waals surface area contributed by atoms with Crippen LogP contribution in [0.3, 0.4) is 0 Å². The van der Waals surface area contributed by atoms with Gasteiger partial charge in [-0.05, 0) is 61.7 Å². The summed E-state index contributed by atoms with van der Waals surface area (Å²) in [5.74, 6) is -10.4. The number of phenols is 19. The largest absolute Gasteiger partial charge is 0.508 e. The Labute approximate surface area is 599 Å². The average molecular weight is 1480 g/mol. The Balaban J connectivity index is 0.000000144. The molecular weight excluding hydrogens is 1430 g/mol. The van der Waals surface area contributed by atoms with E-state index in [1.165, 1.54) is 66.7 Å². The van der Waals surface area contributed by atoms with Gasteiger partial charge in [0.05, 0.1) is 0 Å². The van der Waals surface area contributed by atoms with Gasteiger partial charge >= 0.3 is 0 Å². The molecule has 108 heavy (non-hydrogen) atoms. The standard InChI is InChI=1S/C37H24O17.C19H12O8.C19H14O8/c1-13-2-20(41)34-36(29(13)48-17-4-14(38)3-15(39)5-17)53-32-24(45)10-19(11-28(32)52-34)49-30-22(43)8-18(9-23(30)44)50-33-25(46)12-26(47)35-37(33)54-31-21(42)6-16(40)7-27(31)51-35;1-7-2-9(21)16-12(3-7)25-17-11(23)6-14-18(19(17)27-16)26-13-5-8(20)4-10(22)15(13)24-14;1-8-2-13(23)18-19(16(8)25-12-4-9(20)3-10(21)5-12)27-17-14(24)6-11(22)7-15(17)26-18/h2-12,38-47H,1H3;2-6,20-23H,1H3;2-7,20-24H,1H3. The lowest BCUT2D eigenvalue weighted by Gasteiger charge is -2.25. The van der Waals surface area contributed by atoms with Gasteiger partial charge in [0.15, 0.2) is 114 Å². The molecule has 5 heterocycles. The average Bonchev–Trinajstić information content (AvgIpc) is 0.746. The molecule has 12 aromatic carbocycles. The summed E-state index contributed by atoms with van der Waals surface area (Å²) in [5, 5.41) is 193. The van der Waals surface area contributed by atoms with Crippen molar-refractivity contribution in [1.29, 1.82) is 0 Å². The van der Waals surface area contributed by atoms with Crippen molar-refractivity contribution in [3.63, 3.8) is 0 Å². The molecule has 0 amide bonds. The van der Waals surface area contributed by atoms with Crippen LogP contribution in [0.25, 0.3) is 44.7 Å². The highest BCUT2D eigenvalue weighted by Crippen LogP contribution is 2.64. The minimum absolute atomic E-state index is 0.00913. The fourth-order valence-corrected chi connectivity index (χ4v) is 11.4. The molecule has 33 nitrogen and oxygen atoms in total. The number of phenolic OH excluding ortho intramolecular Hbond substituents is 19. The van der Waals surface area contributed by atoms with Gasteiger partial charge in [-0.2, -0.15) is 0 Å². The predicted octanol–water partition coefficient (Wildman–Crippen LogP) is 17.4. The molecule has 33 heteroatoms. The molecule has 19 N–H and O–H groups in total. The summed E-state index contributed by atoms with van der Waals surface area (Å²) in [6.45, 7) is 5.01. The van der Waals surface area contributed by atoms with E-state index in [4.69, 9.17) is 65.0 Å². The van der Waals surface area contributed by atoms with E-state index in [9.17, 15) is 97.0 Å². The van der Waals surface area contributed by atoms with Gasteiger partial charge in [-0.25, -0.2) is 0 Å². The van der Waals surface area contributed by atoms with Gasteiger partial charge in [-0.3, -0.25) is 0 Å². The summed E-state index contributed by atoms with van der Waals surface area (Å²) in [5.41, 5.74) is 2.03. The molecule has 0 saturated carbocycles. The van der Waals surface area contributed by atoms with Crippen molar-refractivity contribution in [3.05, 3.63) is 150 Å².